The molecule has 1 saturated heterocycles. The van der Waals surface area contributed by atoms with E-state index in [1.807, 2.05) is 6.92 Å². The first-order chi connectivity index (χ1) is 8.15. The van der Waals surface area contributed by atoms with E-state index in [1.165, 1.54) is 0 Å². The van der Waals surface area contributed by atoms with Crippen LogP contribution in [0, 0.1) is 5.92 Å². The highest BCUT2D eigenvalue weighted by atomic mass is 16.5. The number of carbonyl (C=O) groups is 1. The molecule has 0 aromatic heterocycles. The average Bonchev–Trinajstić information content (AvgIpc) is 2.36. The molecule has 0 saturated carbocycles. The summed E-state index contributed by atoms with van der Waals surface area (Å²) in [7, 11) is 0. The standard InChI is InChI=1S/C13H26N2O2/c1-4-5-11(2)13(16)14-10-12(3)15-6-8-17-9-7-15/h11-12H,4-10H2,1-3H3,(H,14,16). The molecule has 0 bridgehead atoms. The van der Waals surface area contributed by atoms with E-state index in [4.69, 9.17) is 4.74 Å². The lowest BCUT2D eigenvalue weighted by atomic mass is 10.1. The molecule has 1 amide bonds. The number of nitrogens with one attached hydrogen (secondary N) is 1. The molecular formula is C13H26N2O2. The molecule has 1 aliphatic rings. The van der Waals surface area contributed by atoms with Gasteiger partial charge in [-0.3, -0.25) is 9.69 Å². The third-order valence-corrected chi connectivity index (χ3v) is 3.41. The molecule has 4 heteroatoms. The summed E-state index contributed by atoms with van der Waals surface area (Å²) < 4.78 is 5.32. The van der Waals surface area contributed by atoms with Gasteiger partial charge in [0.05, 0.1) is 13.2 Å². The Hall–Kier alpha value is -0.610. The van der Waals surface area contributed by atoms with Crippen LogP contribution in [-0.2, 0) is 9.53 Å². The van der Waals surface area contributed by atoms with Gasteiger partial charge in [0.2, 0.25) is 5.91 Å². The first-order valence-electron chi connectivity index (χ1n) is 6.74. The van der Waals surface area contributed by atoms with Crippen molar-refractivity contribution in [3.63, 3.8) is 0 Å². The predicted molar refractivity (Wildman–Crippen MR) is 68.9 cm³/mol. The van der Waals surface area contributed by atoms with Crippen molar-refractivity contribution in [2.24, 2.45) is 5.92 Å². The summed E-state index contributed by atoms with van der Waals surface area (Å²) in [6.07, 6.45) is 2.03. The van der Waals surface area contributed by atoms with Crippen LogP contribution in [-0.4, -0.2) is 49.7 Å². The highest BCUT2D eigenvalue weighted by Crippen LogP contribution is 2.06. The zero-order valence-electron chi connectivity index (χ0n) is 11.4. The first-order valence-corrected chi connectivity index (χ1v) is 6.74. The second-order valence-electron chi connectivity index (χ2n) is 4.93. The molecule has 1 N–H and O–H groups in total. The van der Waals surface area contributed by atoms with Crippen molar-refractivity contribution in [3.05, 3.63) is 0 Å². The lowest BCUT2D eigenvalue weighted by Gasteiger charge is -2.32. The maximum atomic E-state index is 11.8. The van der Waals surface area contributed by atoms with Crippen LogP contribution < -0.4 is 5.32 Å². The van der Waals surface area contributed by atoms with Gasteiger partial charge in [0.1, 0.15) is 0 Å². The number of rotatable bonds is 6. The molecule has 0 aliphatic carbocycles. The van der Waals surface area contributed by atoms with Gasteiger partial charge in [0.25, 0.3) is 0 Å². The maximum Gasteiger partial charge on any atom is 0.222 e. The Morgan fingerprint density at radius 2 is 2.00 bits per heavy atom. The van der Waals surface area contributed by atoms with Crippen molar-refractivity contribution >= 4 is 5.91 Å². The molecule has 0 aromatic rings. The summed E-state index contributed by atoms with van der Waals surface area (Å²) in [5, 5.41) is 3.04. The van der Waals surface area contributed by atoms with E-state index in [9.17, 15) is 4.79 Å². The number of hydrogen-bond donors (Lipinski definition) is 1. The summed E-state index contributed by atoms with van der Waals surface area (Å²) in [5.41, 5.74) is 0. The lowest BCUT2D eigenvalue weighted by molar-refractivity contribution is -0.125. The fourth-order valence-corrected chi connectivity index (χ4v) is 2.13. The summed E-state index contributed by atoms with van der Waals surface area (Å²) in [6, 6.07) is 0.400. The van der Waals surface area contributed by atoms with Crippen molar-refractivity contribution in [2.45, 2.75) is 39.7 Å². The van der Waals surface area contributed by atoms with Crippen LogP contribution in [0.3, 0.4) is 0 Å². The van der Waals surface area contributed by atoms with E-state index in [2.05, 4.69) is 24.1 Å². The van der Waals surface area contributed by atoms with Crippen LogP contribution in [0.5, 0.6) is 0 Å². The molecule has 4 nitrogen and oxygen atoms in total. The zero-order chi connectivity index (χ0) is 12.7. The normalized spacial score (nSPS) is 20.9. The summed E-state index contributed by atoms with van der Waals surface area (Å²) in [4.78, 5) is 14.1. The Morgan fingerprint density at radius 3 is 2.59 bits per heavy atom. The van der Waals surface area contributed by atoms with Crippen LogP contribution in [0.1, 0.15) is 33.6 Å². The van der Waals surface area contributed by atoms with E-state index in [1.54, 1.807) is 0 Å². The van der Waals surface area contributed by atoms with Crippen LogP contribution in [0.15, 0.2) is 0 Å². The molecule has 100 valence electrons. The van der Waals surface area contributed by atoms with Crippen molar-refractivity contribution in [1.29, 1.82) is 0 Å². The largest absolute Gasteiger partial charge is 0.379 e. The van der Waals surface area contributed by atoms with Crippen LogP contribution in [0.4, 0.5) is 0 Å². The topological polar surface area (TPSA) is 41.6 Å². The monoisotopic (exact) mass is 242 g/mol. The van der Waals surface area contributed by atoms with Gasteiger partial charge in [-0.2, -0.15) is 0 Å². The number of amides is 1. The summed E-state index contributed by atoms with van der Waals surface area (Å²) in [6.45, 7) is 10.6. The third kappa shape index (κ3) is 5.04. The average molecular weight is 242 g/mol. The molecule has 1 rings (SSSR count). The fraction of sp³-hybridized carbons (Fsp3) is 0.923. The van der Waals surface area contributed by atoms with Gasteiger partial charge < -0.3 is 10.1 Å². The molecule has 0 aromatic carbocycles. The Kier molecular flexibility index (Phi) is 6.52. The Labute approximate surface area is 105 Å². The number of morpholine rings is 1. The predicted octanol–water partition coefficient (Wildman–Crippen LogP) is 1.26. The molecule has 2 atom stereocenters. The molecule has 0 spiro atoms. The molecule has 1 heterocycles. The SMILES string of the molecule is CCCC(C)C(=O)NCC(C)N1CCOCC1. The van der Waals surface area contributed by atoms with E-state index >= 15 is 0 Å². The number of nitrogens with zero attached hydrogens (tertiary/aromatic N) is 1. The number of carbonyl (C=O) groups excluding carboxylic acids is 1. The van der Waals surface area contributed by atoms with Crippen LogP contribution in [0.2, 0.25) is 0 Å². The third-order valence-electron chi connectivity index (χ3n) is 3.41. The number of ether oxygens (including phenoxy) is 1. The van der Waals surface area contributed by atoms with Gasteiger partial charge >= 0.3 is 0 Å². The van der Waals surface area contributed by atoms with Gasteiger partial charge in [-0.25, -0.2) is 0 Å². The Bertz CT molecular complexity index is 227. The fourth-order valence-electron chi connectivity index (χ4n) is 2.13. The molecule has 1 aliphatic heterocycles. The first kappa shape index (κ1) is 14.5. The second-order valence-corrected chi connectivity index (χ2v) is 4.93. The number of hydrogen-bond acceptors (Lipinski definition) is 3. The van der Waals surface area contributed by atoms with Crippen molar-refractivity contribution in [1.82, 2.24) is 10.2 Å². The Balaban J connectivity index is 2.22. The molecule has 1 fully saturated rings. The minimum absolute atomic E-state index is 0.136. The van der Waals surface area contributed by atoms with Crippen LogP contribution >= 0.6 is 0 Å². The zero-order valence-corrected chi connectivity index (χ0v) is 11.4. The van der Waals surface area contributed by atoms with Crippen molar-refractivity contribution in [2.75, 3.05) is 32.8 Å². The summed E-state index contributed by atoms with van der Waals surface area (Å²) >= 11 is 0. The minimum Gasteiger partial charge on any atom is -0.379 e. The minimum atomic E-state index is 0.136. The van der Waals surface area contributed by atoms with Crippen LogP contribution in [0.25, 0.3) is 0 Å². The highest BCUT2D eigenvalue weighted by molar-refractivity contribution is 5.78. The van der Waals surface area contributed by atoms with Crippen molar-refractivity contribution < 1.29 is 9.53 Å². The maximum absolute atomic E-state index is 11.8. The molecule has 2 unspecified atom stereocenters. The molecule has 0 radical (unpaired) electrons. The second kappa shape index (κ2) is 7.67. The highest BCUT2D eigenvalue weighted by Gasteiger charge is 2.18. The Morgan fingerprint density at radius 1 is 1.35 bits per heavy atom. The van der Waals surface area contributed by atoms with Gasteiger partial charge in [0.15, 0.2) is 0 Å². The smallest absolute Gasteiger partial charge is 0.222 e. The lowest BCUT2D eigenvalue weighted by Crippen LogP contribution is -2.47. The van der Waals surface area contributed by atoms with E-state index in [0.29, 0.717) is 6.04 Å². The van der Waals surface area contributed by atoms with E-state index in [0.717, 1.165) is 45.7 Å². The molecular weight excluding hydrogens is 216 g/mol. The molecule has 17 heavy (non-hydrogen) atoms. The summed E-state index contributed by atoms with van der Waals surface area (Å²) in [5.74, 6) is 0.323. The quantitative estimate of drug-likeness (QED) is 0.762. The van der Waals surface area contributed by atoms with Gasteiger partial charge in [-0.1, -0.05) is 20.3 Å². The van der Waals surface area contributed by atoms with Gasteiger partial charge in [0, 0.05) is 31.6 Å². The van der Waals surface area contributed by atoms with Gasteiger partial charge in [-0.15, -0.1) is 0 Å². The van der Waals surface area contributed by atoms with Gasteiger partial charge in [-0.05, 0) is 13.3 Å². The van der Waals surface area contributed by atoms with E-state index in [-0.39, 0.29) is 11.8 Å². The van der Waals surface area contributed by atoms with Crippen molar-refractivity contribution in [3.8, 4) is 0 Å². The van der Waals surface area contributed by atoms with E-state index < -0.39 is 0 Å².